The molecular weight excluding hydrogens is 342 g/mol. The second-order valence-corrected chi connectivity index (χ2v) is 6.70. The normalized spacial score (nSPS) is 15.3. The Labute approximate surface area is 159 Å². The second kappa shape index (κ2) is 8.07. The highest BCUT2D eigenvalue weighted by Crippen LogP contribution is 2.27. The molecule has 1 aliphatic heterocycles. The molecular formula is C20H25N5O2. The number of amides is 2. The molecule has 27 heavy (non-hydrogen) atoms. The van der Waals surface area contributed by atoms with Gasteiger partial charge in [-0.3, -0.25) is 14.3 Å². The summed E-state index contributed by atoms with van der Waals surface area (Å²) in [4.78, 5) is 28.4. The molecule has 1 aliphatic rings. The van der Waals surface area contributed by atoms with E-state index in [2.05, 4.69) is 21.9 Å². The standard InChI is InChI=1S/C20H25N5O2/c1-4-19(26)24-11-9-23(10-12-24)18-8-6-5-7-17(18)22-20(27)16(3)25-14-15(2)13-21-25/h4-8,13-14,16H,1,9-12H2,2-3H3,(H,22,27). The van der Waals surface area contributed by atoms with Crippen molar-refractivity contribution in [3.05, 3.63) is 54.9 Å². The van der Waals surface area contributed by atoms with Crippen LogP contribution in [-0.2, 0) is 9.59 Å². The van der Waals surface area contributed by atoms with Crippen LogP contribution in [0.25, 0.3) is 0 Å². The first kappa shape index (κ1) is 18.7. The summed E-state index contributed by atoms with van der Waals surface area (Å²) in [5, 5.41) is 7.25. The van der Waals surface area contributed by atoms with Gasteiger partial charge in [-0.15, -0.1) is 0 Å². The molecule has 3 rings (SSSR count). The first-order chi connectivity index (χ1) is 13.0. The van der Waals surface area contributed by atoms with Gasteiger partial charge in [0, 0.05) is 32.4 Å². The number of carbonyl (C=O) groups excluding carboxylic acids is 2. The minimum absolute atomic E-state index is 0.0421. The van der Waals surface area contributed by atoms with Crippen molar-refractivity contribution in [2.75, 3.05) is 36.4 Å². The molecule has 0 bridgehead atoms. The van der Waals surface area contributed by atoms with Crippen LogP contribution in [0.4, 0.5) is 11.4 Å². The molecule has 0 aliphatic carbocycles. The number of nitrogens with one attached hydrogen (secondary N) is 1. The van der Waals surface area contributed by atoms with Crippen molar-refractivity contribution in [1.29, 1.82) is 0 Å². The molecule has 7 heteroatoms. The number of piperazine rings is 1. The number of carbonyl (C=O) groups is 2. The van der Waals surface area contributed by atoms with Gasteiger partial charge in [0.1, 0.15) is 6.04 Å². The maximum Gasteiger partial charge on any atom is 0.249 e. The molecule has 0 saturated carbocycles. The van der Waals surface area contributed by atoms with Crippen LogP contribution in [0.1, 0.15) is 18.5 Å². The van der Waals surface area contributed by atoms with Crippen LogP contribution in [-0.4, -0.2) is 52.7 Å². The molecule has 1 atom stereocenters. The van der Waals surface area contributed by atoms with Gasteiger partial charge >= 0.3 is 0 Å². The lowest BCUT2D eigenvalue weighted by atomic mass is 10.2. The number of nitrogens with zero attached hydrogens (tertiary/aromatic N) is 4. The summed E-state index contributed by atoms with van der Waals surface area (Å²) in [5.74, 6) is -0.161. The maximum absolute atomic E-state index is 12.7. The molecule has 1 unspecified atom stereocenters. The van der Waals surface area contributed by atoms with E-state index < -0.39 is 6.04 Å². The number of hydrogen-bond acceptors (Lipinski definition) is 4. The van der Waals surface area contributed by atoms with Crippen molar-refractivity contribution in [3.63, 3.8) is 0 Å². The highest BCUT2D eigenvalue weighted by Gasteiger charge is 2.23. The van der Waals surface area contributed by atoms with Gasteiger partial charge in [-0.05, 0) is 37.6 Å². The van der Waals surface area contributed by atoms with Gasteiger partial charge in [0.15, 0.2) is 0 Å². The van der Waals surface area contributed by atoms with Crippen LogP contribution in [0.5, 0.6) is 0 Å². The predicted molar refractivity (Wildman–Crippen MR) is 106 cm³/mol. The summed E-state index contributed by atoms with van der Waals surface area (Å²) in [5.41, 5.74) is 2.74. The average Bonchev–Trinajstić information content (AvgIpc) is 3.13. The third-order valence-corrected chi connectivity index (χ3v) is 4.78. The fourth-order valence-corrected chi connectivity index (χ4v) is 3.15. The Hall–Kier alpha value is -3.09. The Balaban J connectivity index is 1.70. The molecule has 2 aromatic rings. The zero-order chi connectivity index (χ0) is 19.4. The summed E-state index contributed by atoms with van der Waals surface area (Å²) in [6, 6.07) is 7.33. The van der Waals surface area contributed by atoms with Crippen LogP contribution in [0.2, 0.25) is 0 Å². The van der Waals surface area contributed by atoms with E-state index in [1.165, 1.54) is 6.08 Å². The second-order valence-electron chi connectivity index (χ2n) is 6.70. The SMILES string of the molecule is C=CC(=O)N1CCN(c2ccccc2NC(=O)C(C)n2cc(C)cn2)CC1. The molecule has 2 heterocycles. The van der Waals surface area contributed by atoms with Crippen molar-refractivity contribution in [2.45, 2.75) is 19.9 Å². The number of hydrogen-bond donors (Lipinski definition) is 1. The molecule has 1 aromatic heterocycles. The number of benzene rings is 1. The molecule has 1 saturated heterocycles. The molecule has 1 aromatic carbocycles. The monoisotopic (exact) mass is 367 g/mol. The predicted octanol–water partition coefficient (Wildman–Crippen LogP) is 2.23. The highest BCUT2D eigenvalue weighted by molar-refractivity contribution is 5.96. The number of anilines is 2. The van der Waals surface area contributed by atoms with Gasteiger partial charge in [0.05, 0.1) is 17.6 Å². The topological polar surface area (TPSA) is 70.5 Å². The molecule has 1 fully saturated rings. The molecule has 7 nitrogen and oxygen atoms in total. The van der Waals surface area contributed by atoms with E-state index in [4.69, 9.17) is 0 Å². The minimum atomic E-state index is -0.409. The summed E-state index contributed by atoms with van der Waals surface area (Å²) in [7, 11) is 0. The van der Waals surface area contributed by atoms with Crippen LogP contribution in [0.3, 0.4) is 0 Å². The largest absolute Gasteiger partial charge is 0.366 e. The number of rotatable bonds is 5. The van der Waals surface area contributed by atoms with Gasteiger partial charge in [-0.2, -0.15) is 5.10 Å². The number of aromatic nitrogens is 2. The summed E-state index contributed by atoms with van der Waals surface area (Å²) in [6.07, 6.45) is 4.94. The van der Waals surface area contributed by atoms with E-state index in [1.54, 1.807) is 15.8 Å². The van der Waals surface area contributed by atoms with Gasteiger partial charge < -0.3 is 15.1 Å². The summed E-state index contributed by atoms with van der Waals surface area (Å²) < 4.78 is 1.66. The highest BCUT2D eigenvalue weighted by atomic mass is 16.2. The maximum atomic E-state index is 12.7. The molecule has 2 amide bonds. The van der Waals surface area contributed by atoms with E-state index >= 15 is 0 Å². The average molecular weight is 367 g/mol. The molecule has 142 valence electrons. The Morgan fingerprint density at radius 3 is 2.56 bits per heavy atom. The zero-order valence-corrected chi connectivity index (χ0v) is 15.8. The van der Waals surface area contributed by atoms with Crippen molar-refractivity contribution in [2.24, 2.45) is 0 Å². The third-order valence-electron chi connectivity index (χ3n) is 4.78. The fourth-order valence-electron chi connectivity index (χ4n) is 3.15. The summed E-state index contributed by atoms with van der Waals surface area (Å²) in [6.45, 7) is 10.00. The van der Waals surface area contributed by atoms with Crippen LogP contribution in [0, 0.1) is 6.92 Å². The van der Waals surface area contributed by atoms with Gasteiger partial charge in [0.2, 0.25) is 11.8 Å². The van der Waals surface area contributed by atoms with Crippen LogP contribution < -0.4 is 10.2 Å². The van der Waals surface area contributed by atoms with Gasteiger partial charge in [-0.25, -0.2) is 0 Å². The van der Waals surface area contributed by atoms with Gasteiger partial charge in [-0.1, -0.05) is 18.7 Å². The van der Waals surface area contributed by atoms with Crippen molar-refractivity contribution in [1.82, 2.24) is 14.7 Å². The van der Waals surface area contributed by atoms with E-state index in [1.807, 2.05) is 44.3 Å². The molecule has 1 N–H and O–H groups in total. The number of aryl methyl sites for hydroxylation is 1. The Morgan fingerprint density at radius 2 is 1.93 bits per heavy atom. The zero-order valence-electron chi connectivity index (χ0n) is 15.8. The lowest BCUT2D eigenvalue weighted by Crippen LogP contribution is -2.48. The lowest BCUT2D eigenvalue weighted by Gasteiger charge is -2.36. The first-order valence-corrected chi connectivity index (χ1v) is 9.06. The third kappa shape index (κ3) is 4.19. The minimum Gasteiger partial charge on any atom is -0.366 e. The fraction of sp³-hybridized carbons (Fsp3) is 0.350. The molecule has 0 radical (unpaired) electrons. The smallest absolute Gasteiger partial charge is 0.249 e. The number of para-hydroxylation sites is 2. The Kier molecular flexibility index (Phi) is 5.59. The van der Waals surface area contributed by atoms with Crippen LogP contribution in [0.15, 0.2) is 49.3 Å². The van der Waals surface area contributed by atoms with E-state index in [-0.39, 0.29) is 11.8 Å². The summed E-state index contributed by atoms with van der Waals surface area (Å²) >= 11 is 0. The van der Waals surface area contributed by atoms with Crippen molar-refractivity contribution < 1.29 is 9.59 Å². The van der Waals surface area contributed by atoms with E-state index in [9.17, 15) is 9.59 Å². The quantitative estimate of drug-likeness (QED) is 0.823. The van der Waals surface area contributed by atoms with E-state index in [0.29, 0.717) is 26.2 Å². The Bertz CT molecular complexity index is 836. The van der Waals surface area contributed by atoms with Gasteiger partial charge in [0.25, 0.3) is 0 Å². The van der Waals surface area contributed by atoms with E-state index in [0.717, 1.165) is 16.9 Å². The van der Waals surface area contributed by atoms with Crippen LogP contribution >= 0.6 is 0 Å². The van der Waals surface area contributed by atoms with Crippen molar-refractivity contribution in [3.8, 4) is 0 Å². The van der Waals surface area contributed by atoms with Crippen molar-refractivity contribution >= 4 is 23.2 Å². The lowest BCUT2D eigenvalue weighted by molar-refractivity contribution is -0.126. The Morgan fingerprint density at radius 1 is 1.22 bits per heavy atom. The molecule has 0 spiro atoms. The first-order valence-electron chi connectivity index (χ1n) is 9.06.